The third kappa shape index (κ3) is 5.39. The van der Waals surface area contributed by atoms with Gasteiger partial charge in [0.15, 0.2) is 11.4 Å². The van der Waals surface area contributed by atoms with Crippen LogP contribution < -0.4 is 5.32 Å². The molecule has 3 aromatic rings. The molecule has 2 aromatic heterocycles. The first-order valence-corrected chi connectivity index (χ1v) is 12.3. The standard InChI is InChI=1S/C27H31F3N4O3/c1-14-13-31-22(32-25(36)17-7-5-6-16(9-17)8-15(2)35)12-19(14)18-10-20-23(21(28)11-18)33-34(4)24(20)27(3,37)26(29)30/h10-13,16-17,26,37H,5-9H2,1-4H3,(H,31,32,36)/t16-,17-,27-/m0/s1. The molecule has 1 amide bonds. The summed E-state index contributed by atoms with van der Waals surface area (Å²) in [5, 5.41) is 17.4. The predicted molar refractivity (Wildman–Crippen MR) is 134 cm³/mol. The largest absolute Gasteiger partial charge is 0.378 e. The van der Waals surface area contributed by atoms with Gasteiger partial charge in [0.25, 0.3) is 6.43 Å². The number of anilines is 1. The van der Waals surface area contributed by atoms with E-state index in [2.05, 4.69) is 15.4 Å². The monoisotopic (exact) mass is 516 g/mol. The molecule has 4 rings (SSSR count). The second-order valence-corrected chi connectivity index (χ2v) is 10.3. The van der Waals surface area contributed by atoms with E-state index in [0.717, 1.165) is 30.9 Å². The lowest BCUT2D eigenvalue weighted by Crippen LogP contribution is -2.33. The number of halogens is 3. The van der Waals surface area contributed by atoms with Gasteiger partial charge in [-0.15, -0.1) is 0 Å². The van der Waals surface area contributed by atoms with Gasteiger partial charge >= 0.3 is 0 Å². The van der Waals surface area contributed by atoms with Crippen LogP contribution >= 0.6 is 0 Å². The Balaban J connectivity index is 1.66. The Kier molecular flexibility index (Phi) is 7.41. The number of ketones is 1. The lowest BCUT2D eigenvalue weighted by Gasteiger charge is -2.27. The van der Waals surface area contributed by atoms with Crippen LogP contribution in [0.4, 0.5) is 19.0 Å². The van der Waals surface area contributed by atoms with E-state index >= 15 is 4.39 Å². The van der Waals surface area contributed by atoms with Crippen molar-refractivity contribution < 1.29 is 27.9 Å². The highest BCUT2D eigenvalue weighted by molar-refractivity contribution is 5.93. The minimum absolute atomic E-state index is 0.0725. The number of alkyl halides is 2. The third-order valence-corrected chi connectivity index (χ3v) is 7.19. The Morgan fingerprint density at radius 3 is 2.68 bits per heavy atom. The molecule has 1 aliphatic carbocycles. The summed E-state index contributed by atoms with van der Waals surface area (Å²) in [4.78, 5) is 28.8. The van der Waals surface area contributed by atoms with Crippen molar-refractivity contribution in [1.82, 2.24) is 14.8 Å². The number of amides is 1. The Bertz CT molecular complexity index is 1350. The zero-order valence-corrected chi connectivity index (χ0v) is 21.3. The van der Waals surface area contributed by atoms with Crippen molar-refractivity contribution >= 4 is 28.4 Å². The number of hydrogen-bond donors (Lipinski definition) is 2. The average molecular weight is 517 g/mol. The quantitative estimate of drug-likeness (QED) is 0.445. The third-order valence-electron chi connectivity index (χ3n) is 7.19. The number of Topliss-reactive ketones (excluding diaryl/α,β-unsaturated/α-hetero) is 1. The lowest BCUT2D eigenvalue weighted by molar-refractivity contribution is -0.123. The number of aryl methyl sites for hydroxylation is 2. The highest BCUT2D eigenvalue weighted by atomic mass is 19.3. The van der Waals surface area contributed by atoms with Gasteiger partial charge < -0.3 is 15.2 Å². The van der Waals surface area contributed by atoms with Gasteiger partial charge in [0.2, 0.25) is 5.91 Å². The van der Waals surface area contributed by atoms with E-state index in [9.17, 15) is 23.5 Å². The molecule has 10 heteroatoms. The fourth-order valence-electron chi connectivity index (χ4n) is 5.37. The Labute approximate surface area is 213 Å². The summed E-state index contributed by atoms with van der Waals surface area (Å²) in [6, 6.07) is 4.38. The Morgan fingerprint density at radius 1 is 1.27 bits per heavy atom. The van der Waals surface area contributed by atoms with Gasteiger partial charge in [-0.05, 0) is 80.8 Å². The van der Waals surface area contributed by atoms with E-state index in [1.165, 1.54) is 19.2 Å². The van der Waals surface area contributed by atoms with Crippen molar-refractivity contribution in [2.75, 3.05) is 5.32 Å². The molecule has 0 spiro atoms. The van der Waals surface area contributed by atoms with Gasteiger partial charge in [-0.2, -0.15) is 5.10 Å². The topological polar surface area (TPSA) is 97.1 Å². The molecule has 2 heterocycles. The highest BCUT2D eigenvalue weighted by Gasteiger charge is 2.39. The predicted octanol–water partition coefficient (Wildman–Crippen LogP) is 5.28. The fraction of sp³-hybridized carbons (Fsp3) is 0.481. The number of nitrogens with zero attached hydrogens (tertiary/aromatic N) is 3. The van der Waals surface area contributed by atoms with Crippen LogP contribution in [0.5, 0.6) is 0 Å². The molecule has 37 heavy (non-hydrogen) atoms. The van der Waals surface area contributed by atoms with Crippen LogP contribution in [-0.4, -0.2) is 38.0 Å². The SMILES string of the molecule is CC(=O)C[C@@H]1CCC[C@H](C(=O)Nc2cc(-c3cc(F)c4nn(C)c([C@](C)(O)C(F)F)c4c3)c(C)cn2)C1. The van der Waals surface area contributed by atoms with Crippen LogP contribution in [0.2, 0.25) is 0 Å². The molecular formula is C27H31F3N4O3. The van der Waals surface area contributed by atoms with Gasteiger partial charge in [-0.25, -0.2) is 18.2 Å². The normalized spacial score (nSPS) is 19.7. The van der Waals surface area contributed by atoms with Gasteiger partial charge in [-0.3, -0.25) is 9.48 Å². The summed E-state index contributed by atoms with van der Waals surface area (Å²) in [6.07, 6.45) is 2.08. The van der Waals surface area contributed by atoms with Crippen LogP contribution in [0, 0.1) is 24.6 Å². The molecule has 0 bridgehead atoms. The second-order valence-electron chi connectivity index (χ2n) is 10.3. The first-order chi connectivity index (χ1) is 17.4. The van der Waals surface area contributed by atoms with Crippen molar-refractivity contribution in [2.24, 2.45) is 18.9 Å². The number of pyridine rings is 1. The molecule has 0 aliphatic heterocycles. The van der Waals surface area contributed by atoms with Crippen molar-refractivity contribution in [2.45, 2.75) is 64.9 Å². The van der Waals surface area contributed by atoms with E-state index in [1.54, 1.807) is 26.1 Å². The number of carbonyl (C=O) groups excluding carboxylic acids is 2. The maximum Gasteiger partial charge on any atom is 0.272 e. The summed E-state index contributed by atoms with van der Waals surface area (Å²) in [6.45, 7) is 4.30. The van der Waals surface area contributed by atoms with Crippen molar-refractivity contribution in [3.8, 4) is 11.1 Å². The second kappa shape index (κ2) is 10.2. The number of rotatable bonds is 7. The lowest BCUT2D eigenvalue weighted by atomic mass is 9.79. The van der Waals surface area contributed by atoms with Crippen LogP contribution in [0.25, 0.3) is 22.0 Å². The number of aliphatic hydroxyl groups is 1. The van der Waals surface area contributed by atoms with Crippen molar-refractivity contribution in [1.29, 1.82) is 0 Å². The summed E-state index contributed by atoms with van der Waals surface area (Å²) < 4.78 is 43.4. The molecule has 7 nitrogen and oxygen atoms in total. The molecule has 1 aliphatic rings. The molecule has 2 N–H and O–H groups in total. The van der Waals surface area contributed by atoms with Crippen LogP contribution in [0.3, 0.4) is 0 Å². The maximum atomic E-state index is 15.1. The smallest absolute Gasteiger partial charge is 0.272 e. The summed E-state index contributed by atoms with van der Waals surface area (Å²) in [7, 11) is 1.38. The highest BCUT2D eigenvalue weighted by Crippen LogP contribution is 2.37. The first-order valence-electron chi connectivity index (χ1n) is 12.3. The van der Waals surface area contributed by atoms with Crippen LogP contribution in [0.1, 0.15) is 57.2 Å². The summed E-state index contributed by atoms with van der Waals surface area (Å²) >= 11 is 0. The number of hydrogen-bond acceptors (Lipinski definition) is 5. The molecule has 1 saturated carbocycles. The van der Waals surface area contributed by atoms with Crippen LogP contribution in [0.15, 0.2) is 24.4 Å². The number of benzene rings is 1. The summed E-state index contributed by atoms with van der Waals surface area (Å²) in [5.41, 5.74) is -1.26. The van der Waals surface area contributed by atoms with Crippen LogP contribution in [-0.2, 0) is 22.2 Å². The minimum atomic E-state index is -3.11. The molecule has 198 valence electrons. The minimum Gasteiger partial charge on any atom is -0.378 e. The molecule has 1 fully saturated rings. The van der Waals surface area contributed by atoms with Gasteiger partial charge in [0.1, 0.15) is 17.1 Å². The Hall–Kier alpha value is -3.27. The molecule has 0 radical (unpaired) electrons. The van der Waals surface area contributed by atoms with Gasteiger partial charge in [-0.1, -0.05) is 6.42 Å². The first kappa shape index (κ1) is 26.8. The number of fused-ring (bicyclic) bond motifs is 1. The number of nitrogens with one attached hydrogen (secondary N) is 1. The van der Waals surface area contributed by atoms with Crippen molar-refractivity contribution in [3.05, 3.63) is 41.5 Å². The number of aromatic nitrogens is 3. The molecule has 0 saturated heterocycles. The number of carbonyl (C=O) groups is 2. The van der Waals surface area contributed by atoms with Crippen molar-refractivity contribution in [3.63, 3.8) is 0 Å². The van der Waals surface area contributed by atoms with E-state index in [1.807, 2.05) is 0 Å². The average Bonchev–Trinajstić information content (AvgIpc) is 3.17. The van der Waals surface area contributed by atoms with E-state index < -0.39 is 17.8 Å². The Morgan fingerprint density at radius 2 is 2.00 bits per heavy atom. The zero-order valence-electron chi connectivity index (χ0n) is 21.3. The maximum absolute atomic E-state index is 15.1. The molecule has 1 aromatic carbocycles. The summed E-state index contributed by atoms with van der Waals surface area (Å²) in [5.74, 6) is -0.539. The molecule has 3 atom stereocenters. The fourth-order valence-corrected chi connectivity index (χ4v) is 5.37. The molecule has 0 unspecified atom stereocenters. The zero-order chi connectivity index (χ0) is 27.1. The van der Waals surface area contributed by atoms with E-state index in [-0.39, 0.29) is 45.9 Å². The van der Waals surface area contributed by atoms with Gasteiger partial charge in [0, 0.05) is 31.0 Å². The van der Waals surface area contributed by atoms with E-state index in [4.69, 9.17) is 0 Å². The molecular weight excluding hydrogens is 485 g/mol. The van der Waals surface area contributed by atoms with E-state index in [0.29, 0.717) is 29.5 Å². The van der Waals surface area contributed by atoms with Gasteiger partial charge in [0.05, 0.1) is 5.69 Å².